The highest BCUT2D eigenvalue weighted by Gasteiger charge is 2.25. The lowest BCUT2D eigenvalue weighted by Gasteiger charge is -2.17. The van der Waals surface area contributed by atoms with Gasteiger partial charge in [0.2, 0.25) is 10.0 Å². The van der Waals surface area contributed by atoms with Crippen molar-refractivity contribution in [2.75, 3.05) is 0 Å². The van der Waals surface area contributed by atoms with E-state index in [1.165, 1.54) is 12.1 Å². The van der Waals surface area contributed by atoms with Gasteiger partial charge in [-0.2, -0.15) is 0 Å². The fourth-order valence-corrected chi connectivity index (χ4v) is 5.20. The summed E-state index contributed by atoms with van der Waals surface area (Å²) in [4.78, 5) is 12.4. The molecule has 2 rings (SSSR count). The minimum atomic E-state index is -3.83. The van der Waals surface area contributed by atoms with E-state index in [9.17, 15) is 13.2 Å². The highest BCUT2D eigenvalue weighted by atomic mass is 35.5. The van der Waals surface area contributed by atoms with E-state index in [0.717, 1.165) is 32.1 Å². The van der Waals surface area contributed by atoms with Crippen LogP contribution in [0.25, 0.3) is 0 Å². The number of hydrogen-bond acceptors (Lipinski definition) is 3. The third-order valence-corrected chi connectivity index (χ3v) is 6.69. The maximum atomic E-state index is 12.6. The summed E-state index contributed by atoms with van der Waals surface area (Å²) in [5.74, 6) is -0.369. The minimum Gasteiger partial charge on any atom is -0.349 e. The Kier molecular flexibility index (Phi) is 7.14. The van der Waals surface area contributed by atoms with Gasteiger partial charge in [-0.05, 0) is 38.3 Å². The smallest absolute Gasteiger partial charge is 0.253 e. The van der Waals surface area contributed by atoms with Crippen LogP contribution in [0.4, 0.5) is 0 Å². The van der Waals surface area contributed by atoms with Gasteiger partial charge in [0.1, 0.15) is 4.90 Å². The summed E-state index contributed by atoms with van der Waals surface area (Å²) in [6.07, 6.45) is 5.58. The third-order valence-electron chi connectivity index (χ3n) is 4.32. The summed E-state index contributed by atoms with van der Waals surface area (Å²) < 4.78 is 27.8. The van der Waals surface area contributed by atoms with Crippen LogP contribution in [0.15, 0.2) is 17.0 Å². The Morgan fingerprint density at radius 2 is 1.88 bits per heavy atom. The number of sulfonamides is 1. The van der Waals surface area contributed by atoms with Crippen molar-refractivity contribution >= 4 is 39.1 Å². The molecular formula is C17H24Cl2N2O3S. The molecule has 0 aliphatic heterocycles. The van der Waals surface area contributed by atoms with E-state index in [1.54, 1.807) is 6.92 Å². The molecule has 1 aromatic rings. The summed E-state index contributed by atoms with van der Waals surface area (Å²) >= 11 is 12.2. The number of rotatable bonds is 7. The van der Waals surface area contributed by atoms with Crippen LogP contribution < -0.4 is 10.0 Å². The Morgan fingerprint density at radius 3 is 2.48 bits per heavy atom. The second-order valence-electron chi connectivity index (χ2n) is 6.53. The van der Waals surface area contributed by atoms with Crippen molar-refractivity contribution in [3.05, 3.63) is 27.7 Å². The molecule has 1 aromatic carbocycles. The van der Waals surface area contributed by atoms with Crippen LogP contribution >= 0.6 is 23.2 Å². The van der Waals surface area contributed by atoms with Gasteiger partial charge in [0.05, 0.1) is 15.6 Å². The molecule has 1 saturated carbocycles. The summed E-state index contributed by atoms with van der Waals surface area (Å²) in [6, 6.07) is 2.46. The minimum absolute atomic E-state index is 0.00128. The monoisotopic (exact) mass is 406 g/mol. The van der Waals surface area contributed by atoms with Crippen LogP contribution in [-0.4, -0.2) is 26.4 Å². The SMILES string of the molecule is CCC[C@H](C)NS(=O)(=O)c1cc(C(=O)NC2CCCC2)c(Cl)cc1Cl. The molecule has 0 heterocycles. The Labute approximate surface area is 159 Å². The van der Waals surface area contributed by atoms with E-state index in [2.05, 4.69) is 10.0 Å². The highest BCUT2D eigenvalue weighted by Crippen LogP contribution is 2.29. The first kappa shape index (κ1) is 20.5. The molecule has 0 unspecified atom stereocenters. The van der Waals surface area contributed by atoms with Crippen molar-refractivity contribution in [3.63, 3.8) is 0 Å². The van der Waals surface area contributed by atoms with Gasteiger partial charge in [0, 0.05) is 12.1 Å². The maximum absolute atomic E-state index is 12.6. The molecular weight excluding hydrogens is 383 g/mol. The number of carbonyl (C=O) groups excluding carboxylic acids is 1. The normalized spacial score (nSPS) is 16.8. The summed E-state index contributed by atoms with van der Waals surface area (Å²) in [7, 11) is -3.83. The van der Waals surface area contributed by atoms with Crippen molar-refractivity contribution < 1.29 is 13.2 Å². The number of hydrogen-bond donors (Lipinski definition) is 2. The third kappa shape index (κ3) is 5.33. The van der Waals surface area contributed by atoms with E-state index >= 15 is 0 Å². The molecule has 2 N–H and O–H groups in total. The first-order valence-electron chi connectivity index (χ1n) is 8.56. The standard InChI is InChI=1S/C17H24Cl2N2O3S/c1-3-6-11(2)21-25(23,24)16-9-13(14(18)10-15(16)19)17(22)20-12-7-4-5-8-12/h9-12,21H,3-8H2,1-2H3,(H,20,22)/t11-/m0/s1. The first-order chi connectivity index (χ1) is 11.7. The van der Waals surface area contributed by atoms with Crippen LogP contribution in [0.2, 0.25) is 10.0 Å². The average Bonchev–Trinajstić information content (AvgIpc) is 2.99. The predicted octanol–water partition coefficient (Wildman–Crippen LogP) is 4.13. The molecule has 1 fully saturated rings. The van der Waals surface area contributed by atoms with E-state index in [1.807, 2.05) is 6.92 Å². The Bertz CT molecular complexity index is 732. The van der Waals surface area contributed by atoms with E-state index in [4.69, 9.17) is 23.2 Å². The average molecular weight is 407 g/mol. The van der Waals surface area contributed by atoms with Gasteiger partial charge in [-0.25, -0.2) is 13.1 Å². The van der Waals surface area contributed by atoms with Crippen LogP contribution in [0, 0.1) is 0 Å². The number of benzene rings is 1. The molecule has 1 aliphatic carbocycles. The fourth-order valence-electron chi connectivity index (χ4n) is 3.06. The van der Waals surface area contributed by atoms with Crippen LogP contribution in [-0.2, 0) is 10.0 Å². The second kappa shape index (κ2) is 8.71. The number of nitrogens with one attached hydrogen (secondary N) is 2. The maximum Gasteiger partial charge on any atom is 0.253 e. The second-order valence-corrected chi connectivity index (χ2v) is 9.03. The lowest BCUT2D eigenvalue weighted by Crippen LogP contribution is -2.34. The quantitative estimate of drug-likeness (QED) is 0.714. The largest absolute Gasteiger partial charge is 0.349 e. The summed E-state index contributed by atoms with van der Waals surface area (Å²) in [5.41, 5.74) is 0.126. The predicted molar refractivity (Wildman–Crippen MR) is 101 cm³/mol. The molecule has 1 amide bonds. The molecule has 0 bridgehead atoms. The Hall–Kier alpha value is -0.820. The molecule has 0 radical (unpaired) electrons. The van der Waals surface area contributed by atoms with Gasteiger partial charge in [-0.15, -0.1) is 0 Å². The van der Waals surface area contributed by atoms with E-state index < -0.39 is 10.0 Å². The zero-order valence-electron chi connectivity index (χ0n) is 14.4. The number of carbonyl (C=O) groups is 1. The molecule has 8 heteroatoms. The van der Waals surface area contributed by atoms with Crippen LogP contribution in [0.1, 0.15) is 62.7 Å². The van der Waals surface area contributed by atoms with Gasteiger partial charge >= 0.3 is 0 Å². The van der Waals surface area contributed by atoms with Crippen molar-refractivity contribution in [1.82, 2.24) is 10.0 Å². The highest BCUT2D eigenvalue weighted by molar-refractivity contribution is 7.89. The van der Waals surface area contributed by atoms with E-state index in [-0.39, 0.29) is 38.5 Å². The lowest BCUT2D eigenvalue weighted by atomic mass is 10.2. The van der Waals surface area contributed by atoms with Gasteiger partial charge in [0.15, 0.2) is 0 Å². The zero-order valence-corrected chi connectivity index (χ0v) is 16.8. The molecule has 5 nitrogen and oxygen atoms in total. The summed E-state index contributed by atoms with van der Waals surface area (Å²) in [5, 5.41) is 3.05. The molecule has 140 valence electrons. The summed E-state index contributed by atoms with van der Waals surface area (Å²) in [6.45, 7) is 3.77. The van der Waals surface area contributed by atoms with Crippen LogP contribution in [0.5, 0.6) is 0 Å². The lowest BCUT2D eigenvalue weighted by molar-refractivity contribution is 0.0938. The molecule has 25 heavy (non-hydrogen) atoms. The molecule has 0 aromatic heterocycles. The van der Waals surface area contributed by atoms with Gasteiger partial charge in [0.25, 0.3) is 5.91 Å². The molecule has 0 saturated heterocycles. The van der Waals surface area contributed by atoms with Gasteiger partial charge < -0.3 is 5.32 Å². The zero-order chi connectivity index (χ0) is 18.6. The van der Waals surface area contributed by atoms with E-state index in [0.29, 0.717) is 6.42 Å². The van der Waals surface area contributed by atoms with Gasteiger partial charge in [-0.3, -0.25) is 4.79 Å². The molecule has 1 aliphatic rings. The van der Waals surface area contributed by atoms with Crippen molar-refractivity contribution in [3.8, 4) is 0 Å². The van der Waals surface area contributed by atoms with Crippen molar-refractivity contribution in [2.24, 2.45) is 0 Å². The Morgan fingerprint density at radius 1 is 1.24 bits per heavy atom. The fraction of sp³-hybridized carbons (Fsp3) is 0.588. The molecule has 1 atom stereocenters. The van der Waals surface area contributed by atoms with Gasteiger partial charge in [-0.1, -0.05) is 49.4 Å². The first-order valence-corrected chi connectivity index (χ1v) is 10.8. The van der Waals surface area contributed by atoms with Crippen molar-refractivity contribution in [1.29, 1.82) is 0 Å². The number of halogens is 2. The molecule has 0 spiro atoms. The van der Waals surface area contributed by atoms with Crippen molar-refractivity contribution in [2.45, 2.75) is 69.4 Å². The van der Waals surface area contributed by atoms with Crippen LogP contribution in [0.3, 0.4) is 0 Å². The Balaban J connectivity index is 2.28. The number of amides is 1. The topological polar surface area (TPSA) is 75.3 Å².